The second kappa shape index (κ2) is 8.60. The maximum absolute atomic E-state index is 12.3. The number of hydrogen-bond donors (Lipinski definition) is 1. The summed E-state index contributed by atoms with van der Waals surface area (Å²) in [7, 11) is 0. The van der Waals surface area contributed by atoms with Crippen LogP contribution in [0.4, 0.5) is 0 Å². The van der Waals surface area contributed by atoms with E-state index in [1.54, 1.807) is 17.5 Å². The zero-order valence-corrected chi connectivity index (χ0v) is 17.7. The fraction of sp³-hybridized carbons (Fsp3) is 0.450. The van der Waals surface area contributed by atoms with Gasteiger partial charge in [-0.15, -0.1) is 11.3 Å². The zero-order valence-electron chi connectivity index (χ0n) is 16.9. The van der Waals surface area contributed by atoms with Crippen LogP contribution in [0.25, 0.3) is 11.3 Å². The van der Waals surface area contributed by atoms with Crippen LogP contribution >= 0.6 is 11.3 Å². The van der Waals surface area contributed by atoms with E-state index >= 15 is 0 Å². The second-order valence-electron chi connectivity index (χ2n) is 7.09. The highest BCUT2D eigenvalue weighted by molar-refractivity contribution is 7.11. The van der Waals surface area contributed by atoms with Crippen LogP contribution in [0.2, 0.25) is 0 Å². The molecule has 0 aliphatic heterocycles. The summed E-state index contributed by atoms with van der Waals surface area (Å²) in [6.45, 7) is 10.4. The molecule has 0 atom stereocenters. The standard InChI is InChI=1S/C20H25N5O2S/c1-11(2)20-22-10-15(17-8-12(3)25-27-17)16(24-20)6-7-21-19(26)9-18-13(4)23-14(5)28-18/h8,10-11H,6-7,9H2,1-5H3,(H,21,26). The topological polar surface area (TPSA) is 93.8 Å². The highest BCUT2D eigenvalue weighted by atomic mass is 32.1. The summed E-state index contributed by atoms with van der Waals surface area (Å²) in [5.74, 6) is 1.63. The van der Waals surface area contributed by atoms with Gasteiger partial charge < -0.3 is 9.84 Å². The van der Waals surface area contributed by atoms with Crippen molar-refractivity contribution in [3.8, 4) is 11.3 Å². The van der Waals surface area contributed by atoms with Gasteiger partial charge in [0.05, 0.1) is 34.1 Å². The van der Waals surface area contributed by atoms with Crippen LogP contribution in [0.5, 0.6) is 0 Å². The monoisotopic (exact) mass is 399 g/mol. The van der Waals surface area contributed by atoms with Gasteiger partial charge in [-0.1, -0.05) is 19.0 Å². The number of hydrogen-bond acceptors (Lipinski definition) is 7. The van der Waals surface area contributed by atoms with Gasteiger partial charge in [0.2, 0.25) is 5.91 Å². The van der Waals surface area contributed by atoms with Crippen molar-refractivity contribution in [2.45, 2.75) is 53.4 Å². The molecule has 0 aliphatic carbocycles. The third-order valence-electron chi connectivity index (χ3n) is 4.30. The molecular formula is C20H25N5O2S. The van der Waals surface area contributed by atoms with Crippen molar-refractivity contribution in [2.75, 3.05) is 6.54 Å². The van der Waals surface area contributed by atoms with Crippen LogP contribution in [0, 0.1) is 20.8 Å². The fourth-order valence-electron chi connectivity index (χ4n) is 2.86. The summed E-state index contributed by atoms with van der Waals surface area (Å²) in [4.78, 5) is 26.8. The van der Waals surface area contributed by atoms with Gasteiger partial charge in [-0.3, -0.25) is 4.79 Å². The molecule has 0 saturated carbocycles. The number of aromatic nitrogens is 4. The quantitative estimate of drug-likeness (QED) is 0.653. The lowest BCUT2D eigenvalue weighted by Gasteiger charge is -2.11. The smallest absolute Gasteiger partial charge is 0.225 e. The minimum Gasteiger partial charge on any atom is -0.356 e. The molecule has 7 nitrogen and oxygen atoms in total. The Morgan fingerprint density at radius 1 is 1.25 bits per heavy atom. The highest BCUT2D eigenvalue weighted by Crippen LogP contribution is 2.24. The molecule has 3 rings (SSSR count). The number of aryl methyl sites for hydroxylation is 3. The second-order valence-corrected chi connectivity index (χ2v) is 8.38. The van der Waals surface area contributed by atoms with E-state index in [2.05, 4.69) is 34.3 Å². The first-order chi connectivity index (χ1) is 13.3. The number of thiazole rings is 1. The van der Waals surface area contributed by atoms with E-state index in [1.807, 2.05) is 26.8 Å². The molecule has 28 heavy (non-hydrogen) atoms. The Morgan fingerprint density at radius 2 is 2.04 bits per heavy atom. The molecule has 0 radical (unpaired) electrons. The first-order valence-corrected chi connectivity index (χ1v) is 10.1. The molecule has 1 amide bonds. The van der Waals surface area contributed by atoms with Crippen molar-refractivity contribution < 1.29 is 9.32 Å². The molecule has 1 N–H and O–H groups in total. The summed E-state index contributed by atoms with van der Waals surface area (Å²) in [6.07, 6.45) is 2.72. The summed E-state index contributed by atoms with van der Waals surface area (Å²) in [5, 5.41) is 7.92. The zero-order chi connectivity index (χ0) is 20.3. The van der Waals surface area contributed by atoms with Crippen molar-refractivity contribution in [2.24, 2.45) is 0 Å². The number of rotatable bonds is 7. The van der Waals surface area contributed by atoms with Gasteiger partial charge >= 0.3 is 0 Å². The number of carbonyl (C=O) groups excluding carboxylic acids is 1. The lowest BCUT2D eigenvalue weighted by Crippen LogP contribution is -2.27. The van der Waals surface area contributed by atoms with Crippen molar-refractivity contribution in [3.05, 3.63) is 45.1 Å². The summed E-state index contributed by atoms with van der Waals surface area (Å²) in [5.41, 5.74) is 3.39. The van der Waals surface area contributed by atoms with Crippen LogP contribution in [0.1, 0.15) is 52.6 Å². The average Bonchev–Trinajstić information content (AvgIpc) is 3.19. The minimum absolute atomic E-state index is 0.0121. The first kappa shape index (κ1) is 20.1. The van der Waals surface area contributed by atoms with Gasteiger partial charge in [-0.25, -0.2) is 15.0 Å². The average molecular weight is 400 g/mol. The third-order valence-corrected chi connectivity index (χ3v) is 5.37. The normalized spacial score (nSPS) is 11.2. The molecule has 0 aromatic carbocycles. The van der Waals surface area contributed by atoms with Gasteiger partial charge in [0.15, 0.2) is 5.76 Å². The van der Waals surface area contributed by atoms with E-state index in [9.17, 15) is 4.79 Å². The number of nitrogens with one attached hydrogen (secondary N) is 1. The van der Waals surface area contributed by atoms with Crippen molar-refractivity contribution in [3.63, 3.8) is 0 Å². The Labute approximate surface area is 168 Å². The van der Waals surface area contributed by atoms with Crippen molar-refractivity contribution in [1.29, 1.82) is 0 Å². The Morgan fingerprint density at radius 3 is 2.64 bits per heavy atom. The molecule has 0 aliphatic rings. The Bertz CT molecular complexity index is 977. The number of nitrogens with zero attached hydrogens (tertiary/aromatic N) is 4. The maximum Gasteiger partial charge on any atom is 0.225 e. The van der Waals surface area contributed by atoms with Gasteiger partial charge in [-0.05, 0) is 20.8 Å². The molecular weight excluding hydrogens is 374 g/mol. The van der Waals surface area contributed by atoms with Crippen LogP contribution < -0.4 is 5.32 Å². The first-order valence-electron chi connectivity index (χ1n) is 9.32. The lowest BCUT2D eigenvalue weighted by molar-refractivity contribution is -0.120. The molecule has 8 heteroatoms. The molecule has 0 spiro atoms. The van der Waals surface area contributed by atoms with E-state index < -0.39 is 0 Å². The van der Waals surface area contributed by atoms with E-state index in [4.69, 9.17) is 9.51 Å². The SMILES string of the molecule is Cc1cc(-c2cnc(C(C)C)nc2CCNC(=O)Cc2sc(C)nc2C)on1. The largest absolute Gasteiger partial charge is 0.356 e. The van der Waals surface area contributed by atoms with Crippen molar-refractivity contribution >= 4 is 17.2 Å². The molecule has 0 bridgehead atoms. The fourth-order valence-corrected chi connectivity index (χ4v) is 3.80. The Balaban J connectivity index is 1.69. The predicted molar refractivity (Wildman–Crippen MR) is 108 cm³/mol. The Hall–Kier alpha value is -2.61. The number of carbonyl (C=O) groups is 1. The molecule has 3 heterocycles. The molecule has 3 aromatic heterocycles. The maximum atomic E-state index is 12.3. The van der Waals surface area contributed by atoms with Crippen LogP contribution in [0.3, 0.4) is 0 Å². The minimum atomic E-state index is -0.0121. The van der Waals surface area contributed by atoms with Crippen LogP contribution in [-0.2, 0) is 17.6 Å². The Kier molecular flexibility index (Phi) is 6.18. The van der Waals surface area contributed by atoms with Gasteiger partial charge in [-0.2, -0.15) is 0 Å². The molecule has 148 valence electrons. The summed E-state index contributed by atoms with van der Waals surface area (Å²) < 4.78 is 5.39. The van der Waals surface area contributed by atoms with Crippen LogP contribution in [0.15, 0.2) is 16.8 Å². The molecule has 0 saturated heterocycles. The van der Waals surface area contributed by atoms with Gasteiger partial charge in [0, 0.05) is 36.0 Å². The van der Waals surface area contributed by atoms with Gasteiger partial charge in [0.1, 0.15) is 5.82 Å². The summed E-state index contributed by atoms with van der Waals surface area (Å²) in [6, 6.07) is 1.87. The lowest BCUT2D eigenvalue weighted by atomic mass is 10.1. The molecule has 3 aromatic rings. The van der Waals surface area contributed by atoms with E-state index in [1.165, 1.54) is 0 Å². The van der Waals surface area contributed by atoms with E-state index in [0.29, 0.717) is 25.1 Å². The van der Waals surface area contributed by atoms with Crippen molar-refractivity contribution in [1.82, 2.24) is 25.4 Å². The van der Waals surface area contributed by atoms with E-state index in [0.717, 1.165) is 38.4 Å². The van der Waals surface area contributed by atoms with E-state index in [-0.39, 0.29) is 11.8 Å². The predicted octanol–water partition coefficient (Wildman–Crippen LogP) is 3.54. The van der Waals surface area contributed by atoms with Gasteiger partial charge in [0.25, 0.3) is 0 Å². The highest BCUT2D eigenvalue weighted by Gasteiger charge is 2.16. The molecule has 0 unspecified atom stereocenters. The third kappa shape index (κ3) is 4.81. The summed E-state index contributed by atoms with van der Waals surface area (Å²) >= 11 is 1.57. The molecule has 0 fully saturated rings. The number of amides is 1. The van der Waals surface area contributed by atoms with Crippen LogP contribution in [-0.4, -0.2) is 32.6 Å².